The van der Waals surface area contributed by atoms with Gasteiger partial charge in [0, 0.05) is 23.0 Å². The van der Waals surface area contributed by atoms with Crippen molar-refractivity contribution in [2.75, 3.05) is 13.1 Å². The second kappa shape index (κ2) is 7.70. The van der Waals surface area contributed by atoms with Crippen LogP contribution in [0.5, 0.6) is 0 Å². The van der Waals surface area contributed by atoms with Crippen molar-refractivity contribution in [3.8, 4) is 0 Å². The quantitative estimate of drug-likeness (QED) is 0.711. The Morgan fingerprint density at radius 3 is 2.43 bits per heavy atom. The van der Waals surface area contributed by atoms with E-state index in [0.717, 1.165) is 10.4 Å². The third-order valence-electron chi connectivity index (χ3n) is 4.93. The van der Waals surface area contributed by atoms with Crippen LogP contribution in [0.15, 0.2) is 47.5 Å². The highest BCUT2D eigenvalue weighted by atomic mass is 35.5. The molecule has 3 heterocycles. The Bertz CT molecular complexity index is 931. The van der Waals surface area contributed by atoms with Crippen molar-refractivity contribution >= 4 is 40.3 Å². The van der Waals surface area contributed by atoms with Crippen molar-refractivity contribution in [2.24, 2.45) is 0 Å². The van der Waals surface area contributed by atoms with E-state index in [1.54, 1.807) is 6.07 Å². The number of hydrogen-bond acceptors (Lipinski definition) is 5. The first kappa shape index (κ1) is 19.2. The van der Waals surface area contributed by atoms with Crippen LogP contribution in [-0.4, -0.2) is 46.9 Å². The van der Waals surface area contributed by atoms with Crippen LogP contribution in [-0.2, 0) is 20.9 Å². The first-order chi connectivity index (χ1) is 13.5. The van der Waals surface area contributed by atoms with E-state index < -0.39 is 0 Å². The highest BCUT2D eigenvalue weighted by molar-refractivity contribution is 7.11. The summed E-state index contributed by atoms with van der Waals surface area (Å²) in [6.07, 6.45) is -0.0253. The molecule has 4 rings (SSSR count). The molecular weight excluding hydrogens is 396 g/mol. The molecule has 0 aliphatic carbocycles. The number of ether oxygens (including phenoxy) is 1. The van der Waals surface area contributed by atoms with Gasteiger partial charge in [0.1, 0.15) is 5.70 Å². The normalized spacial score (nSPS) is 23.1. The average molecular weight is 417 g/mol. The van der Waals surface area contributed by atoms with Gasteiger partial charge in [0.15, 0.2) is 0 Å². The summed E-state index contributed by atoms with van der Waals surface area (Å²) in [6.45, 7) is 5.28. The molecule has 5 nitrogen and oxygen atoms in total. The average Bonchev–Trinajstić information content (AvgIpc) is 3.24. The van der Waals surface area contributed by atoms with Crippen LogP contribution >= 0.6 is 22.9 Å². The number of carbonyl (C=O) groups excluding carboxylic acids is 2. The molecule has 0 N–H and O–H groups in total. The number of morpholine rings is 1. The van der Waals surface area contributed by atoms with Crippen molar-refractivity contribution in [1.82, 2.24) is 9.80 Å². The van der Waals surface area contributed by atoms with Crippen LogP contribution in [0, 0.1) is 0 Å². The van der Waals surface area contributed by atoms with Crippen molar-refractivity contribution in [1.29, 1.82) is 0 Å². The lowest BCUT2D eigenvalue weighted by Crippen LogP contribution is -2.46. The van der Waals surface area contributed by atoms with E-state index >= 15 is 0 Å². The molecule has 1 aromatic heterocycles. The fourth-order valence-electron chi connectivity index (χ4n) is 3.80. The molecule has 0 bridgehead atoms. The van der Waals surface area contributed by atoms with Crippen LogP contribution in [0.4, 0.5) is 0 Å². The molecule has 0 spiro atoms. The Morgan fingerprint density at radius 1 is 1.07 bits per heavy atom. The molecule has 1 fully saturated rings. The molecule has 2 atom stereocenters. The first-order valence-electron chi connectivity index (χ1n) is 9.24. The van der Waals surface area contributed by atoms with Crippen molar-refractivity contribution in [2.45, 2.75) is 32.6 Å². The van der Waals surface area contributed by atoms with E-state index in [1.807, 2.05) is 54.5 Å². The topological polar surface area (TPSA) is 49.9 Å². The van der Waals surface area contributed by atoms with Crippen LogP contribution in [0.3, 0.4) is 0 Å². The summed E-state index contributed by atoms with van der Waals surface area (Å²) in [6, 6.07) is 11.1. The molecule has 2 aliphatic heterocycles. The predicted molar refractivity (Wildman–Crippen MR) is 110 cm³/mol. The molecule has 28 heavy (non-hydrogen) atoms. The van der Waals surface area contributed by atoms with Crippen molar-refractivity contribution in [3.05, 3.63) is 62.9 Å². The molecule has 7 heteroatoms. The Balaban J connectivity index is 1.73. The van der Waals surface area contributed by atoms with Crippen LogP contribution < -0.4 is 0 Å². The number of halogens is 1. The number of imide groups is 1. The third kappa shape index (κ3) is 3.48. The van der Waals surface area contributed by atoms with E-state index in [4.69, 9.17) is 16.3 Å². The van der Waals surface area contributed by atoms with Gasteiger partial charge in [-0.1, -0.05) is 35.9 Å². The first-order valence-corrected chi connectivity index (χ1v) is 10.5. The third-order valence-corrected chi connectivity index (χ3v) is 6.19. The molecular formula is C21H21ClN2O3S. The summed E-state index contributed by atoms with van der Waals surface area (Å²) in [5.74, 6) is -0.538. The molecule has 2 aromatic rings. The largest absolute Gasteiger partial charge is 0.372 e. The monoisotopic (exact) mass is 416 g/mol. The zero-order valence-electron chi connectivity index (χ0n) is 15.7. The minimum atomic E-state index is -0.269. The van der Waals surface area contributed by atoms with E-state index in [2.05, 4.69) is 0 Å². The van der Waals surface area contributed by atoms with Gasteiger partial charge >= 0.3 is 0 Å². The maximum atomic E-state index is 13.4. The summed E-state index contributed by atoms with van der Waals surface area (Å²) in [7, 11) is 0. The van der Waals surface area contributed by atoms with Gasteiger partial charge in [-0.2, -0.15) is 0 Å². The van der Waals surface area contributed by atoms with Gasteiger partial charge in [0.25, 0.3) is 11.8 Å². The number of nitrogens with zero attached hydrogens (tertiary/aromatic N) is 2. The summed E-state index contributed by atoms with van der Waals surface area (Å²) >= 11 is 7.73. The van der Waals surface area contributed by atoms with Crippen LogP contribution in [0.1, 0.15) is 24.3 Å². The predicted octanol–water partition coefficient (Wildman–Crippen LogP) is 3.79. The number of benzene rings is 1. The molecule has 1 saturated heterocycles. The summed E-state index contributed by atoms with van der Waals surface area (Å²) < 4.78 is 5.81. The van der Waals surface area contributed by atoms with Gasteiger partial charge in [0.05, 0.1) is 24.3 Å². The van der Waals surface area contributed by atoms with E-state index in [0.29, 0.717) is 29.4 Å². The van der Waals surface area contributed by atoms with Crippen molar-refractivity contribution < 1.29 is 14.3 Å². The summed E-state index contributed by atoms with van der Waals surface area (Å²) in [5, 5.41) is 2.46. The molecule has 2 aliphatic rings. The highest BCUT2D eigenvalue weighted by Gasteiger charge is 2.43. The fraction of sp³-hybridized carbons (Fsp3) is 0.333. The molecule has 2 amide bonds. The number of thiophene rings is 1. The minimum Gasteiger partial charge on any atom is -0.372 e. The van der Waals surface area contributed by atoms with Gasteiger partial charge in [-0.3, -0.25) is 14.5 Å². The minimum absolute atomic E-state index is 0.0126. The smallest absolute Gasteiger partial charge is 0.278 e. The zero-order valence-corrected chi connectivity index (χ0v) is 17.3. The Morgan fingerprint density at radius 2 is 1.79 bits per heavy atom. The number of amides is 2. The molecule has 2 unspecified atom stereocenters. The SMILES string of the molecule is CC1CN(C2=C(c3cccs3)C(=O)N(Cc3ccccc3Cl)C2=O)CC(C)O1. The van der Waals surface area contributed by atoms with E-state index in [1.165, 1.54) is 16.2 Å². The second-order valence-electron chi connectivity index (χ2n) is 7.15. The maximum Gasteiger partial charge on any atom is 0.278 e. The molecule has 1 aromatic carbocycles. The lowest BCUT2D eigenvalue weighted by Gasteiger charge is -2.37. The maximum absolute atomic E-state index is 13.4. The lowest BCUT2D eigenvalue weighted by atomic mass is 10.1. The summed E-state index contributed by atoms with van der Waals surface area (Å²) in [5.41, 5.74) is 1.70. The Kier molecular flexibility index (Phi) is 5.27. The molecule has 0 radical (unpaired) electrons. The lowest BCUT2D eigenvalue weighted by molar-refractivity contribution is -0.139. The molecule has 0 saturated carbocycles. The number of hydrogen-bond donors (Lipinski definition) is 0. The van der Waals surface area contributed by atoms with Gasteiger partial charge in [-0.25, -0.2) is 0 Å². The Labute approximate surface area is 173 Å². The second-order valence-corrected chi connectivity index (χ2v) is 8.51. The van der Waals surface area contributed by atoms with Gasteiger partial charge in [-0.05, 0) is 36.9 Å². The number of rotatable bonds is 4. The van der Waals surface area contributed by atoms with Gasteiger partial charge in [-0.15, -0.1) is 11.3 Å². The van der Waals surface area contributed by atoms with Gasteiger partial charge < -0.3 is 9.64 Å². The zero-order chi connectivity index (χ0) is 19.8. The Hall–Kier alpha value is -2.15. The van der Waals surface area contributed by atoms with E-state index in [-0.39, 0.29) is 30.6 Å². The fourth-order valence-corrected chi connectivity index (χ4v) is 4.76. The van der Waals surface area contributed by atoms with Crippen molar-refractivity contribution in [3.63, 3.8) is 0 Å². The highest BCUT2D eigenvalue weighted by Crippen LogP contribution is 2.36. The number of carbonyl (C=O) groups is 2. The standard InChI is InChI=1S/C21H21ClN2O3S/c1-13-10-23(11-14(2)27-13)19-18(17-8-5-9-28-17)20(25)24(21(19)26)12-15-6-3-4-7-16(15)22/h3-9,13-14H,10-12H2,1-2H3. The van der Waals surface area contributed by atoms with Crippen LogP contribution in [0.25, 0.3) is 5.57 Å². The molecule has 146 valence electrons. The van der Waals surface area contributed by atoms with Gasteiger partial charge in [0.2, 0.25) is 0 Å². The van der Waals surface area contributed by atoms with E-state index in [9.17, 15) is 9.59 Å². The van der Waals surface area contributed by atoms with Crippen LogP contribution in [0.2, 0.25) is 5.02 Å². The summed E-state index contributed by atoms with van der Waals surface area (Å²) in [4.78, 5) is 30.8.